The van der Waals surface area contributed by atoms with Gasteiger partial charge in [0.05, 0.1) is 0 Å². The third-order valence-corrected chi connectivity index (χ3v) is 5.41. The highest BCUT2D eigenvalue weighted by molar-refractivity contribution is 5.74. The van der Waals surface area contributed by atoms with Gasteiger partial charge in [0.1, 0.15) is 12.4 Å². The minimum Gasteiger partial charge on any atom is -0.368 e. The number of carbonyl (C=O) groups excluding carboxylic acids is 2. The molecular weight excluding hydrogens is 318 g/mol. The van der Waals surface area contributed by atoms with E-state index in [1.165, 1.54) is 32.1 Å². The van der Waals surface area contributed by atoms with Crippen LogP contribution in [0, 0.1) is 5.92 Å². The number of urea groups is 1. The molecule has 0 unspecified atom stereocenters. The van der Waals surface area contributed by atoms with Gasteiger partial charge < -0.3 is 20.5 Å². The number of carbonyl (C=O) groups is 2. The van der Waals surface area contributed by atoms with Crippen LogP contribution in [0.25, 0.3) is 0 Å². The second-order valence-electron chi connectivity index (χ2n) is 7.35. The maximum Gasteiger partial charge on any atom is 0.317 e. The summed E-state index contributed by atoms with van der Waals surface area (Å²) in [6.07, 6.45) is 11.8. The highest BCUT2D eigenvalue weighted by Crippen LogP contribution is 2.26. The standard InChI is InChI=1S/C18H29N5O2/c19-16(24)13-22-10-8-20-17(22)15-7-4-9-23(12-15)18(25)21-11-14-5-2-1-3-6-14/h8,10,14-15H,1-7,9,11-13H2,(H2,19,24)(H,21,25)/t15-/m0/s1. The molecule has 7 heteroatoms. The first-order valence-electron chi connectivity index (χ1n) is 9.45. The SMILES string of the molecule is NC(=O)Cn1ccnc1[C@H]1CCCN(C(=O)NCC2CCCCC2)C1. The van der Waals surface area contributed by atoms with Gasteiger partial charge in [-0.2, -0.15) is 0 Å². The molecule has 1 aliphatic carbocycles. The van der Waals surface area contributed by atoms with Crippen LogP contribution in [0.3, 0.4) is 0 Å². The summed E-state index contributed by atoms with van der Waals surface area (Å²) in [6.45, 7) is 2.35. The van der Waals surface area contributed by atoms with E-state index in [4.69, 9.17) is 5.73 Å². The predicted molar refractivity (Wildman–Crippen MR) is 94.9 cm³/mol. The van der Waals surface area contributed by atoms with Gasteiger partial charge in [0.25, 0.3) is 0 Å². The van der Waals surface area contributed by atoms with Gasteiger partial charge in [-0.3, -0.25) is 4.79 Å². The number of amides is 3. The smallest absolute Gasteiger partial charge is 0.317 e. The molecule has 1 saturated heterocycles. The molecule has 7 nitrogen and oxygen atoms in total. The maximum atomic E-state index is 12.5. The highest BCUT2D eigenvalue weighted by atomic mass is 16.2. The number of hydrogen-bond donors (Lipinski definition) is 2. The molecule has 0 radical (unpaired) electrons. The van der Waals surface area contributed by atoms with Crippen molar-refractivity contribution in [3.05, 3.63) is 18.2 Å². The van der Waals surface area contributed by atoms with E-state index in [9.17, 15) is 9.59 Å². The third-order valence-electron chi connectivity index (χ3n) is 5.41. The second kappa shape index (κ2) is 8.36. The van der Waals surface area contributed by atoms with Crippen molar-refractivity contribution < 1.29 is 9.59 Å². The van der Waals surface area contributed by atoms with Crippen LogP contribution in [0.4, 0.5) is 4.79 Å². The molecule has 0 bridgehead atoms. The molecule has 3 amide bonds. The van der Waals surface area contributed by atoms with Crippen molar-refractivity contribution in [1.82, 2.24) is 19.8 Å². The van der Waals surface area contributed by atoms with Gasteiger partial charge in [0.2, 0.25) is 5.91 Å². The Morgan fingerprint density at radius 1 is 1.20 bits per heavy atom. The summed E-state index contributed by atoms with van der Waals surface area (Å²) in [6, 6.07) is 0.0308. The fraction of sp³-hybridized carbons (Fsp3) is 0.722. The average Bonchev–Trinajstić information content (AvgIpc) is 3.08. The summed E-state index contributed by atoms with van der Waals surface area (Å²) < 4.78 is 1.80. The topological polar surface area (TPSA) is 93.2 Å². The summed E-state index contributed by atoms with van der Waals surface area (Å²) in [7, 11) is 0. The van der Waals surface area contributed by atoms with Crippen molar-refractivity contribution >= 4 is 11.9 Å². The Kier molecular flexibility index (Phi) is 5.94. The Morgan fingerprint density at radius 3 is 2.76 bits per heavy atom. The molecule has 1 aromatic rings. The van der Waals surface area contributed by atoms with Crippen LogP contribution in [0.5, 0.6) is 0 Å². The Hall–Kier alpha value is -2.05. The Bertz CT molecular complexity index is 594. The molecule has 1 atom stereocenters. The number of hydrogen-bond acceptors (Lipinski definition) is 3. The van der Waals surface area contributed by atoms with Gasteiger partial charge in [-0.15, -0.1) is 0 Å². The number of rotatable bonds is 5. The van der Waals surface area contributed by atoms with Crippen molar-refractivity contribution in [1.29, 1.82) is 0 Å². The minimum atomic E-state index is -0.378. The first kappa shape index (κ1) is 17.8. The van der Waals surface area contributed by atoms with Crippen LogP contribution in [0.15, 0.2) is 12.4 Å². The molecule has 3 rings (SSSR count). The van der Waals surface area contributed by atoms with Crippen LogP contribution in [-0.2, 0) is 11.3 Å². The zero-order valence-corrected chi connectivity index (χ0v) is 14.8. The van der Waals surface area contributed by atoms with Gasteiger partial charge in [0, 0.05) is 37.9 Å². The molecule has 1 saturated carbocycles. The van der Waals surface area contributed by atoms with Crippen molar-refractivity contribution in [3.63, 3.8) is 0 Å². The largest absolute Gasteiger partial charge is 0.368 e. The second-order valence-corrected chi connectivity index (χ2v) is 7.35. The minimum absolute atomic E-state index is 0.0308. The van der Waals surface area contributed by atoms with E-state index in [2.05, 4.69) is 10.3 Å². The Balaban J connectivity index is 1.54. The van der Waals surface area contributed by atoms with E-state index in [-0.39, 0.29) is 24.4 Å². The lowest BCUT2D eigenvalue weighted by Crippen LogP contribution is -2.46. The maximum absolute atomic E-state index is 12.5. The van der Waals surface area contributed by atoms with Crippen molar-refractivity contribution in [3.8, 4) is 0 Å². The molecule has 1 aliphatic heterocycles. The first-order chi connectivity index (χ1) is 12.1. The number of primary amides is 1. The van der Waals surface area contributed by atoms with E-state index < -0.39 is 0 Å². The predicted octanol–water partition coefficient (Wildman–Crippen LogP) is 1.84. The molecule has 1 aromatic heterocycles. The monoisotopic (exact) mass is 347 g/mol. The van der Waals surface area contributed by atoms with Crippen LogP contribution in [0.2, 0.25) is 0 Å². The molecule has 2 aliphatic rings. The van der Waals surface area contributed by atoms with Crippen LogP contribution < -0.4 is 11.1 Å². The first-order valence-corrected chi connectivity index (χ1v) is 9.45. The zero-order chi connectivity index (χ0) is 17.6. The highest BCUT2D eigenvalue weighted by Gasteiger charge is 2.28. The van der Waals surface area contributed by atoms with Crippen molar-refractivity contribution in [2.75, 3.05) is 19.6 Å². The van der Waals surface area contributed by atoms with E-state index >= 15 is 0 Å². The van der Waals surface area contributed by atoms with Gasteiger partial charge in [-0.1, -0.05) is 19.3 Å². The molecular formula is C18H29N5O2. The Labute approximate surface area is 149 Å². The summed E-state index contributed by atoms with van der Waals surface area (Å²) in [5.74, 6) is 1.26. The summed E-state index contributed by atoms with van der Waals surface area (Å²) >= 11 is 0. The number of likely N-dealkylation sites (tertiary alicyclic amines) is 1. The molecule has 0 aromatic carbocycles. The lowest BCUT2D eigenvalue weighted by Gasteiger charge is -2.33. The average molecular weight is 347 g/mol. The van der Waals surface area contributed by atoms with Crippen LogP contribution in [-0.4, -0.2) is 46.0 Å². The van der Waals surface area contributed by atoms with Crippen molar-refractivity contribution in [2.24, 2.45) is 11.7 Å². The van der Waals surface area contributed by atoms with E-state index in [1.54, 1.807) is 17.0 Å². The van der Waals surface area contributed by atoms with Crippen molar-refractivity contribution in [2.45, 2.75) is 57.4 Å². The number of nitrogens with two attached hydrogens (primary N) is 1. The zero-order valence-electron chi connectivity index (χ0n) is 14.8. The number of piperidine rings is 1. The molecule has 138 valence electrons. The quantitative estimate of drug-likeness (QED) is 0.851. The molecule has 2 heterocycles. The fourth-order valence-electron chi connectivity index (χ4n) is 4.09. The normalized spacial score (nSPS) is 21.9. The summed E-state index contributed by atoms with van der Waals surface area (Å²) in [5, 5.41) is 3.12. The molecule has 25 heavy (non-hydrogen) atoms. The van der Waals surface area contributed by atoms with Gasteiger partial charge in [-0.25, -0.2) is 9.78 Å². The lowest BCUT2D eigenvalue weighted by molar-refractivity contribution is -0.118. The third kappa shape index (κ3) is 4.74. The fourth-order valence-corrected chi connectivity index (χ4v) is 4.09. The summed E-state index contributed by atoms with van der Waals surface area (Å²) in [5.41, 5.74) is 5.31. The van der Waals surface area contributed by atoms with E-state index in [0.29, 0.717) is 12.5 Å². The lowest BCUT2D eigenvalue weighted by atomic mass is 9.89. The molecule has 2 fully saturated rings. The number of imidazole rings is 1. The molecule has 3 N–H and O–H groups in total. The Morgan fingerprint density at radius 2 is 2.00 bits per heavy atom. The van der Waals surface area contributed by atoms with Crippen LogP contribution >= 0.6 is 0 Å². The van der Waals surface area contributed by atoms with E-state index in [0.717, 1.165) is 31.8 Å². The van der Waals surface area contributed by atoms with Crippen LogP contribution in [0.1, 0.15) is 56.7 Å². The summed E-state index contributed by atoms with van der Waals surface area (Å²) in [4.78, 5) is 30.0. The van der Waals surface area contributed by atoms with Gasteiger partial charge in [0.15, 0.2) is 0 Å². The van der Waals surface area contributed by atoms with E-state index in [1.807, 2.05) is 4.90 Å². The van der Waals surface area contributed by atoms with Gasteiger partial charge >= 0.3 is 6.03 Å². The number of aromatic nitrogens is 2. The number of nitrogens with one attached hydrogen (secondary N) is 1. The molecule has 0 spiro atoms. The van der Waals surface area contributed by atoms with Gasteiger partial charge in [-0.05, 0) is 31.6 Å². The number of nitrogens with zero attached hydrogens (tertiary/aromatic N) is 3.